The molecular formula is C14H22N4O. The van der Waals surface area contributed by atoms with Gasteiger partial charge in [0.1, 0.15) is 17.3 Å². The summed E-state index contributed by atoms with van der Waals surface area (Å²) in [6.07, 6.45) is 1.83. The van der Waals surface area contributed by atoms with Crippen LogP contribution in [0.15, 0.2) is 23.2 Å². The van der Waals surface area contributed by atoms with Crippen molar-refractivity contribution in [1.82, 2.24) is 5.32 Å². The standard InChI is InChI=1S/C14H22N4O/c1-9-14(16)18-12-8-10(5-6-13(12)19-9)11(15)4-3-7-17-2/h5-6,8-9,11,17H,3-4,7,15H2,1-2H3,(H2,16,18). The quantitative estimate of drug-likeness (QED) is 0.701. The monoisotopic (exact) mass is 262 g/mol. The molecule has 0 bridgehead atoms. The van der Waals surface area contributed by atoms with Gasteiger partial charge in [-0.1, -0.05) is 6.07 Å². The molecule has 5 N–H and O–H groups in total. The number of ether oxygens (including phenoxy) is 1. The minimum Gasteiger partial charge on any atom is -0.481 e. The predicted molar refractivity (Wildman–Crippen MR) is 77.9 cm³/mol. The Balaban J connectivity index is 2.12. The molecule has 1 aromatic carbocycles. The minimum atomic E-state index is -0.164. The molecule has 0 fully saturated rings. The molecule has 104 valence electrons. The van der Waals surface area contributed by atoms with Crippen LogP contribution >= 0.6 is 0 Å². The number of aliphatic imine (C=N–C) groups is 1. The van der Waals surface area contributed by atoms with E-state index in [1.54, 1.807) is 0 Å². The zero-order valence-electron chi connectivity index (χ0n) is 11.5. The fourth-order valence-electron chi connectivity index (χ4n) is 2.10. The number of amidine groups is 1. The Bertz CT molecular complexity index is 473. The van der Waals surface area contributed by atoms with Crippen LogP contribution in [0.25, 0.3) is 0 Å². The number of rotatable bonds is 5. The van der Waals surface area contributed by atoms with E-state index in [1.165, 1.54) is 0 Å². The Morgan fingerprint density at radius 3 is 3.00 bits per heavy atom. The second-order valence-corrected chi connectivity index (χ2v) is 4.88. The van der Waals surface area contributed by atoms with Gasteiger partial charge in [0.25, 0.3) is 0 Å². The van der Waals surface area contributed by atoms with Gasteiger partial charge in [-0.05, 0) is 51.1 Å². The van der Waals surface area contributed by atoms with Gasteiger partial charge in [0.15, 0.2) is 6.10 Å². The number of benzene rings is 1. The smallest absolute Gasteiger partial charge is 0.153 e. The van der Waals surface area contributed by atoms with E-state index in [9.17, 15) is 0 Å². The van der Waals surface area contributed by atoms with E-state index in [1.807, 2.05) is 32.2 Å². The Hall–Kier alpha value is -1.59. The van der Waals surface area contributed by atoms with E-state index in [0.29, 0.717) is 5.84 Å². The average molecular weight is 262 g/mol. The molecule has 0 radical (unpaired) electrons. The third-order valence-electron chi connectivity index (χ3n) is 3.32. The van der Waals surface area contributed by atoms with Crippen molar-refractivity contribution in [3.63, 3.8) is 0 Å². The van der Waals surface area contributed by atoms with Gasteiger partial charge < -0.3 is 21.5 Å². The highest BCUT2D eigenvalue weighted by molar-refractivity contribution is 5.89. The van der Waals surface area contributed by atoms with Crippen molar-refractivity contribution in [3.05, 3.63) is 23.8 Å². The van der Waals surface area contributed by atoms with Crippen molar-refractivity contribution in [2.75, 3.05) is 13.6 Å². The Morgan fingerprint density at radius 2 is 2.26 bits per heavy atom. The van der Waals surface area contributed by atoms with Crippen molar-refractivity contribution < 1.29 is 4.74 Å². The van der Waals surface area contributed by atoms with Crippen LogP contribution in [-0.2, 0) is 0 Å². The van der Waals surface area contributed by atoms with Crippen LogP contribution in [0, 0.1) is 0 Å². The average Bonchev–Trinajstić information content (AvgIpc) is 2.40. The molecule has 19 heavy (non-hydrogen) atoms. The van der Waals surface area contributed by atoms with Crippen LogP contribution in [-0.4, -0.2) is 25.5 Å². The highest BCUT2D eigenvalue weighted by Gasteiger charge is 2.19. The molecule has 0 saturated heterocycles. The SMILES string of the molecule is CNCCCC(N)c1ccc2c(c1)N=C(N)C(C)O2. The summed E-state index contributed by atoms with van der Waals surface area (Å²) >= 11 is 0. The predicted octanol–water partition coefficient (Wildman–Crippen LogP) is 1.46. The van der Waals surface area contributed by atoms with Gasteiger partial charge in [0.05, 0.1) is 0 Å². The summed E-state index contributed by atoms with van der Waals surface area (Å²) in [5, 5.41) is 3.12. The van der Waals surface area contributed by atoms with Gasteiger partial charge in [-0.15, -0.1) is 0 Å². The summed E-state index contributed by atoms with van der Waals surface area (Å²) in [7, 11) is 1.94. The molecule has 5 heteroatoms. The maximum absolute atomic E-state index is 6.18. The Morgan fingerprint density at radius 1 is 1.47 bits per heavy atom. The van der Waals surface area contributed by atoms with Crippen molar-refractivity contribution in [1.29, 1.82) is 0 Å². The number of hydrogen-bond donors (Lipinski definition) is 3. The lowest BCUT2D eigenvalue weighted by Gasteiger charge is -2.22. The molecule has 1 aliphatic rings. The molecule has 1 aromatic rings. The first-order valence-electron chi connectivity index (χ1n) is 6.66. The molecule has 5 nitrogen and oxygen atoms in total. The molecule has 0 spiro atoms. The molecule has 0 amide bonds. The van der Waals surface area contributed by atoms with Gasteiger partial charge >= 0.3 is 0 Å². The normalized spacial score (nSPS) is 19.3. The van der Waals surface area contributed by atoms with Gasteiger partial charge in [-0.25, -0.2) is 4.99 Å². The molecule has 1 aliphatic heterocycles. The summed E-state index contributed by atoms with van der Waals surface area (Å²) in [5.41, 5.74) is 13.8. The largest absolute Gasteiger partial charge is 0.481 e. The minimum absolute atomic E-state index is 0.0226. The summed E-state index contributed by atoms with van der Waals surface area (Å²) in [6, 6.07) is 5.93. The lowest BCUT2D eigenvalue weighted by Crippen LogP contribution is -2.33. The molecule has 2 unspecified atom stereocenters. The van der Waals surface area contributed by atoms with E-state index < -0.39 is 0 Å². The molecule has 0 saturated carbocycles. The van der Waals surface area contributed by atoms with Crippen LogP contribution in [0.1, 0.15) is 31.4 Å². The number of nitrogens with zero attached hydrogens (tertiary/aromatic N) is 1. The maximum atomic E-state index is 6.18. The second-order valence-electron chi connectivity index (χ2n) is 4.88. The Kier molecular flexibility index (Phi) is 4.39. The van der Waals surface area contributed by atoms with Crippen LogP contribution < -0.4 is 21.5 Å². The summed E-state index contributed by atoms with van der Waals surface area (Å²) < 4.78 is 5.67. The molecular weight excluding hydrogens is 240 g/mol. The molecule has 1 heterocycles. The third-order valence-corrected chi connectivity index (χ3v) is 3.32. The Labute approximate surface area is 114 Å². The van der Waals surface area contributed by atoms with Crippen molar-refractivity contribution in [2.45, 2.75) is 31.9 Å². The van der Waals surface area contributed by atoms with Gasteiger partial charge in [0, 0.05) is 6.04 Å². The van der Waals surface area contributed by atoms with E-state index >= 15 is 0 Å². The summed E-state index contributed by atoms with van der Waals surface area (Å²) in [6.45, 7) is 2.86. The topological polar surface area (TPSA) is 85.7 Å². The summed E-state index contributed by atoms with van der Waals surface area (Å²) in [5.74, 6) is 1.28. The third kappa shape index (κ3) is 3.24. The maximum Gasteiger partial charge on any atom is 0.153 e. The number of fused-ring (bicyclic) bond motifs is 1. The van der Waals surface area contributed by atoms with E-state index in [2.05, 4.69) is 10.3 Å². The lowest BCUT2D eigenvalue weighted by molar-refractivity contribution is 0.281. The van der Waals surface area contributed by atoms with E-state index in [-0.39, 0.29) is 12.1 Å². The number of hydrogen-bond acceptors (Lipinski definition) is 5. The first-order valence-corrected chi connectivity index (χ1v) is 6.66. The zero-order valence-corrected chi connectivity index (χ0v) is 11.5. The van der Waals surface area contributed by atoms with Gasteiger partial charge in [-0.3, -0.25) is 0 Å². The van der Waals surface area contributed by atoms with Crippen molar-refractivity contribution in [2.24, 2.45) is 16.5 Å². The van der Waals surface area contributed by atoms with Crippen LogP contribution in [0.2, 0.25) is 0 Å². The summed E-state index contributed by atoms with van der Waals surface area (Å²) in [4.78, 5) is 4.37. The van der Waals surface area contributed by atoms with Gasteiger partial charge in [-0.2, -0.15) is 0 Å². The van der Waals surface area contributed by atoms with E-state index in [4.69, 9.17) is 16.2 Å². The van der Waals surface area contributed by atoms with Gasteiger partial charge in [0.2, 0.25) is 0 Å². The fraction of sp³-hybridized carbons (Fsp3) is 0.500. The highest BCUT2D eigenvalue weighted by Crippen LogP contribution is 2.34. The molecule has 0 aliphatic carbocycles. The lowest BCUT2D eigenvalue weighted by atomic mass is 10.0. The molecule has 0 aromatic heterocycles. The first kappa shape index (κ1) is 13.8. The van der Waals surface area contributed by atoms with Crippen molar-refractivity contribution >= 4 is 11.5 Å². The number of nitrogens with one attached hydrogen (secondary N) is 1. The number of nitrogens with two attached hydrogens (primary N) is 2. The van der Waals surface area contributed by atoms with Crippen LogP contribution in [0.5, 0.6) is 5.75 Å². The van der Waals surface area contributed by atoms with Crippen LogP contribution in [0.3, 0.4) is 0 Å². The first-order chi connectivity index (χ1) is 9.11. The van der Waals surface area contributed by atoms with E-state index in [0.717, 1.165) is 36.4 Å². The van der Waals surface area contributed by atoms with Crippen molar-refractivity contribution in [3.8, 4) is 5.75 Å². The highest BCUT2D eigenvalue weighted by atomic mass is 16.5. The van der Waals surface area contributed by atoms with Crippen LogP contribution in [0.4, 0.5) is 5.69 Å². The molecule has 2 atom stereocenters. The zero-order chi connectivity index (χ0) is 13.8. The molecule has 2 rings (SSSR count). The second kappa shape index (κ2) is 6.04. The fourth-order valence-corrected chi connectivity index (χ4v) is 2.10.